The van der Waals surface area contributed by atoms with Crippen LogP contribution in [0.1, 0.15) is 23.6 Å². The number of thioether (sulfide) groups is 1. The third-order valence-electron chi connectivity index (χ3n) is 4.31. The normalized spacial score (nSPS) is 11.8. The molecule has 0 saturated heterocycles. The summed E-state index contributed by atoms with van der Waals surface area (Å²) in [5.74, 6) is -0.0690. The van der Waals surface area contributed by atoms with E-state index in [-0.39, 0.29) is 16.7 Å². The van der Waals surface area contributed by atoms with Crippen molar-refractivity contribution in [2.75, 3.05) is 0 Å². The van der Waals surface area contributed by atoms with Gasteiger partial charge in [-0.1, -0.05) is 59.3 Å². The summed E-state index contributed by atoms with van der Waals surface area (Å²) in [6.07, 6.45) is 0. The monoisotopic (exact) mass is 393 g/mol. The highest BCUT2D eigenvalue weighted by atomic mass is 32.2. The number of aryl methyl sites for hydroxylation is 2. The summed E-state index contributed by atoms with van der Waals surface area (Å²) in [6, 6.07) is 18.8. The second-order valence-electron chi connectivity index (χ2n) is 6.72. The maximum atomic E-state index is 12.4. The number of nitrogens with one attached hydrogen (secondary N) is 1. The lowest BCUT2D eigenvalue weighted by Gasteiger charge is -2.13. The molecular weight excluding hydrogens is 370 g/mol. The Balaban J connectivity index is 1.66. The highest BCUT2D eigenvalue weighted by Gasteiger charge is 2.16. The van der Waals surface area contributed by atoms with E-state index in [1.54, 1.807) is 6.07 Å². The number of aromatic nitrogens is 2. The average molecular weight is 394 g/mol. The van der Waals surface area contributed by atoms with E-state index in [9.17, 15) is 9.59 Å². The van der Waals surface area contributed by atoms with Gasteiger partial charge in [-0.3, -0.25) is 9.59 Å². The Hall–Kier alpha value is -2.86. The van der Waals surface area contributed by atoms with Crippen LogP contribution in [0.2, 0.25) is 0 Å². The molecule has 0 bridgehead atoms. The number of rotatable bonds is 6. The quantitative estimate of drug-likeness (QED) is 0.650. The molecule has 5 nitrogen and oxygen atoms in total. The van der Waals surface area contributed by atoms with Crippen molar-refractivity contribution in [3.05, 3.63) is 87.7 Å². The second-order valence-corrected chi connectivity index (χ2v) is 8.08. The zero-order valence-electron chi connectivity index (χ0n) is 16.2. The number of carbonyl (C=O) groups is 1. The molecule has 0 saturated carbocycles. The van der Waals surface area contributed by atoms with Crippen molar-refractivity contribution in [1.82, 2.24) is 15.1 Å². The first-order valence-electron chi connectivity index (χ1n) is 9.10. The summed E-state index contributed by atoms with van der Waals surface area (Å²) in [5, 5.41) is 7.65. The van der Waals surface area contributed by atoms with Gasteiger partial charge >= 0.3 is 0 Å². The van der Waals surface area contributed by atoms with E-state index in [4.69, 9.17) is 0 Å². The Morgan fingerprint density at radius 1 is 1.00 bits per heavy atom. The number of hydrogen-bond donors (Lipinski definition) is 1. The minimum Gasteiger partial charge on any atom is -0.351 e. The summed E-state index contributed by atoms with van der Waals surface area (Å²) in [5.41, 5.74) is 3.86. The van der Waals surface area contributed by atoms with Gasteiger partial charge in [0.2, 0.25) is 5.91 Å². The third-order valence-corrected chi connectivity index (χ3v) is 5.34. The molecule has 0 aliphatic carbocycles. The largest absolute Gasteiger partial charge is 0.351 e. The lowest BCUT2D eigenvalue weighted by molar-refractivity contribution is -0.120. The van der Waals surface area contributed by atoms with Crippen LogP contribution >= 0.6 is 11.8 Å². The molecule has 3 aromatic rings. The fourth-order valence-corrected chi connectivity index (χ4v) is 3.43. The summed E-state index contributed by atoms with van der Waals surface area (Å²) in [7, 11) is 0. The second kappa shape index (κ2) is 8.89. The van der Waals surface area contributed by atoms with Crippen molar-refractivity contribution < 1.29 is 4.79 Å². The average Bonchev–Trinajstić information content (AvgIpc) is 2.69. The van der Waals surface area contributed by atoms with Gasteiger partial charge in [-0.2, -0.15) is 9.78 Å². The van der Waals surface area contributed by atoms with Crippen molar-refractivity contribution >= 4 is 17.7 Å². The van der Waals surface area contributed by atoms with Crippen molar-refractivity contribution in [2.45, 2.75) is 37.6 Å². The van der Waals surface area contributed by atoms with Crippen molar-refractivity contribution in [2.24, 2.45) is 0 Å². The molecule has 6 heteroatoms. The van der Waals surface area contributed by atoms with Crippen molar-refractivity contribution in [3.8, 4) is 5.69 Å². The predicted molar refractivity (Wildman–Crippen MR) is 113 cm³/mol. The van der Waals surface area contributed by atoms with E-state index in [0.717, 1.165) is 11.1 Å². The van der Waals surface area contributed by atoms with Crippen molar-refractivity contribution in [1.29, 1.82) is 0 Å². The molecule has 0 aliphatic rings. The standard InChI is InChI=1S/C22H23N3O2S/c1-15-4-8-18(9-5-15)14-23-22(27)17(3)28-20-12-13-21(26)25(24-20)19-10-6-16(2)7-11-19/h4-13,17H,14H2,1-3H3,(H,23,27). The zero-order valence-corrected chi connectivity index (χ0v) is 17.0. The van der Waals surface area contributed by atoms with Crippen molar-refractivity contribution in [3.63, 3.8) is 0 Å². The van der Waals surface area contributed by atoms with Gasteiger partial charge in [-0.15, -0.1) is 0 Å². The molecule has 144 valence electrons. The van der Waals surface area contributed by atoms with E-state index in [0.29, 0.717) is 17.3 Å². The fraction of sp³-hybridized carbons (Fsp3) is 0.227. The van der Waals surface area contributed by atoms with E-state index >= 15 is 0 Å². The molecular formula is C22H23N3O2S. The predicted octanol–water partition coefficient (Wildman–Crippen LogP) is 3.65. The Morgan fingerprint density at radius 3 is 2.25 bits per heavy atom. The number of nitrogens with zero attached hydrogens (tertiary/aromatic N) is 2. The number of carbonyl (C=O) groups excluding carboxylic acids is 1. The molecule has 1 amide bonds. The molecule has 0 spiro atoms. The van der Waals surface area contributed by atoms with Crippen LogP contribution in [0, 0.1) is 13.8 Å². The van der Waals surface area contributed by atoms with E-state index < -0.39 is 0 Å². The van der Waals surface area contributed by atoms with Gasteiger partial charge in [0, 0.05) is 12.6 Å². The minimum absolute atomic E-state index is 0.0690. The fourth-order valence-electron chi connectivity index (χ4n) is 2.60. The molecule has 2 aromatic carbocycles. The molecule has 1 N–H and O–H groups in total. The molecule has 28 heavy (non-hydrogen) atoms. The molecule has 0 radical (unpaired) electrons. The number of benzene rings is 2. The molecule has 1 unspecified atom stereocenters. The highest BCUT2D eigenvalue weighted by molar-refractivity contribution is 8.00. The van der Waals surface area contributed by atoms with Crippen LogP contribution in [-0.2, 0) is 11.3 Å². The summed E-state index contributed by atoms with van der Waals surface area (Å²) >= 11 is 1.33. The van der Waals surface area contributed by atoms with E-state index in [1.165, 1.54) is 28.1 Å². The van der Waals surface area contributed by atoms with Crippen LogP contribution in [0.15, 0.2) is 70.5 Å². The van der Waals surface area contributed by atoms with Gasteiger partial charge in [0.15, 0.2) is 0 Å². The topological polar surface area (TPSA) is 64.0 Å². The first-order valence-corrected chi connectivity index (χ1v) is 9.98. The van der Waals surface area contributed by atoms with Crippen LogP contribution in [0.3, 0.4) is 0 Å². The summed E-state index contributed by atoms with van der Waals surface area (Å²) < 4.78 is 1.36. The number of hydrogen-bond acceptors (Lipinski definition) is 4. The van der Waals surface area contributed by atoms with Crippen LogP contribution < -0.4 is 10.9 Å². The van der Waals surface area contributed by atoms with Gasteiger partial charge < -0.3 is 5.32 Å². The van der Waals surface area contributed by atoms with Crippen LogP contribution in [0.5, 0.6) is 0 Å². The summed E-state index contributed by atoms with van der Waals surface area (Å²) in [4.78, 5) is 24.6. The lowest BCUT2D eigenvalue weighted by atomic mass is 10.1. The van der Waals surface area contributed by atoms with E-state index in [1.807, 2.05) is 69.3 Å². The van der Waals surface area contributed by atoms with E-state index in [2.05, 4.69) is 10.4 Å². The van der Waals surface area contributed by atoms with Gasteiger partial charge in [0.25, 0.3) is 5.56 Å². The van der Waals surface area contributed by atoms with Crippen LogP contribution in [0.25, 0.3) is 5.69 Å². The minimum atomic E-state index is -0.332. The summed E-state index contributed by atoms with van der Waals surface area (Å²) in [6.45, 7) is 6.34. The zero-order chi connectivity index (χ0) is 20.1. The Kier molecular flexibility index (Phi) is 6.31. The van der Waals surface area contributed by atoms with Gasteiger partial charge in [-0.05, 0) is 44.5 Å². The Bertz CT molecular complexity index is 1010. The molecule has 1 aromatic heterocycles. The third kappa shape index (κ3) is 5.10. The highest BCUT2D eigenvalue weighted by Crippen LogP contribution is 2.20. The molecule has 3 rings (SSSR count). The Labute approximate surface area is 168 Å². The molecule has 1 heterocycles. The van der Waals surface area contributed by atoms with Gasteiger partial charge in [0.05, 0.1) is 10.9 Å². The maximum Gasteiger partial charge on any atom is 0.271 e. The Morgan fingerprint density at radius 2 is 1.61 bits per heavy atom. The van der Waals surface area contributed by atoms with Gasteiger partial charge in [-0.25, -0.2) is 0 Å². The SMILES string of the molecule is Cc1ccc(CNC(=O)C(C)Sc2ccc(=O)n(-c3ccc(C)cc3)n2)cc1. The molecule has 0 aliphatic heterocycles. The lowest BCUT2D eigenvalue weighted by Crippen LogP contribution is -2.30. The molecule has 0 fully saturated rings. The number of amides is 1. The van der Waals surface area contributed by atoms with Gasteiger partial charge in [0.1, 0.15) is 5.03 Å². The smallest absolute Gasteiger partial charge is 0.271 e. The first-order chi connectivity index (χ1) is 13.4. The first kappa shape index (κ1) is 19.9. The van der Waals surface area contributed by atoms with Crippen LogP contribution in [0.4, 0.5) is 0 Å². The molecule has 1 atom stereocenters. The van der Waals surface area contributed by atoms with Crippen LogP contribution in [-0.4, -0.2) is 20.9 Å². The maximum absolute atomic E-state index is 12.4.